The van der Waals surface area contributed by atoms with Crippen LogP contribution in [0.3, 0.4) is 0 Å². The third kappa shape index (κ3) is 3.99. The Morgan fingerprint density at radius 2 is 1.79 bits per heavy atom. The van der Waals surface area contributed by atoms with Crippen LogP contribution < -0.4 is 10.7 Å². The molecule has 1 N–H and O–H groups in total. The molecule has 0 fully saturated rings. The fourth-order valence-corrected chi connectivity index (χ4v) is 4.53. The number of pyridine rings is 1. The summed E-state index contributed by atoms with van der Waals surface area (Å²) in [7, 11) is 0. The van der Waals surface area contributed by atoms with Gasteiger partial charge in [0.1, 0.15) is 11.3 Å². The molecule has 1 aliphatic rings. The maximum Gasteiger partial charge on any atom is 0.432 e. The van der Waals surface area contributed by atoms with Crippen LogP contribution in [0, 0.1) is 0 Å². The van der Waals surface area contributed by atoms with E-state index in [1.807, 2.05) is 32.0 Å². The molecule has 1 amide bonds. The number of hydrogen-bond donors (Lipinski definition) is 1. The molecular weight excluding hydrogens is 449 g/mol. The Labute approximate surface area is 175 Å². The number of fused-ring (bicyclic) bond motifs is 1. The summed E-state index contributed by atoms with van der Waals surface area (Å²) in [4.78, 5) is 26.0. The van der Waals surface area contributed by atoms with Crippen LogP contribution in [-0.2, 0) is 32.0 Å². The third-order valence-electron chi connectivity index (χ3n) is 5.30. The molecule has 4 nitrogen and oxygen atoms in total. The second kappa shape index (κ2) is 8.34. The Bertz CT molecular complexity index is 990. The van der Waals surface area contributed by atoms with Gasteiger partial charge in [0.05, 0.1) is 4.47 Å². The van der Waals surface area contributed by atoms with Gasteiger partial charge in [-0.2, -0.15) is 13.2 Å². The minimum absolute atomic E-state index is 0.120. The lowest BCUT2D eigenvalue weighted by Gasteiger charge is -2.27. The molecule has 2 aromatic rings. The predicted octanol–water partition coefficient (Wildman–Crippen LogP) is 5.34. The van der Waals surface area contributed by atoms with E-state index in [4.69, 9.17) is 0 Å². The van der Waals surface area contributed by atoms with Crippen LogP contribution in [0.5, 0.6) is 0 Å². The first-order valence-corrected chi connectivity index (χ1v) is 10.4. The van der Waals surface area contributed by atoms with E-state index < -0.39 is 27.7 Å². The van der Waals surface area contributed by atoms with Crippen LogP contribution in [0.25, 0.3) is 0 Å². The summed E-state index contributed by atoms with van der Waals surface area (Å²) in [5, 5.41) is 2.82. The smallest absolute Gasteiger partial charge is 0.339 e. The first-order chi connectivity index (χ1) is 13.7. The van der Waals surface area contributed by atoms with Gasteiger partial charge in [-0.05, 0) is 59.2 Å². The number of rotatable bonds is 4. The minimum atomic E-state index is -4.69. The average Bonchev–Trinajstić information content (AvgIpc) is 2.68. The Hall–Kier alpha value is -2.09. The number of anilines is 1. The summed E-state index contributed by atoms with van der Waals surface area (Å²) in [6.07, 6.45) is -1.89. The van der Waals surface area contributed by atoms with E-state index in [0.717, 1.165) is 15.7 Å². The van der Waals surface area contributed by atoms with Gasteiger partial charge in [-0.3, -0.25) is 9.59 Å². The maximum absolute atomic E-state index is 13.6. The van der Waals surface area contributed by atoms with Crippen LogP contribution in [0.4, 0.5) is 18.9 Å². The largest absolute Gasteiger partial charge is 0.432 e. The van der Waals surface area contributed by atoms with Gasteiger partial charge in [-0.25, -0.2) is 0 Å². The van der Waals surface area contributed by atoms with Crippen LogP contribution in [-0.4, -0.2) is 10.5 Å². The highest BCUT2D eigenvalue weighted by Gasteiger charge is 2.40. The summed E-state index contributed by atoms with van der Waals surface area (Å²) >= 11 is 2.82. The molecule has 0 unspecified atom stereocenters. The normalized spacial score (nSPS) is 13.9. The van der Waals surface area contributed by atoms with E-state index in [2.05, 4.69) is 21.2 Å². The molecule has 8 heteroatoms. The van der Waals surface area contributed by atoms with Crippen molar-refractivity contribution in [1.29, 1.82) is 0 Å². The molecular formula is C21H22BrF3N2O2. The zero-order valence-corrected chi connectivity index (χ0v) is 17.8. The van der Waals surface area contributed by atoms with E-state index in [-0.39, 0.29) is 24.2 Å². The molecule has 0 aliphatic carbocycles. The number of para-hydroxylation sites is 1. The number of carbonyl (C=O) groups excluding carboxylic acids is 1. The first kappa shape index (κ1) is 21.6. The number of carbonyl (C=O) groups is 1. The van der Waals surface area contributed by atoms with Gasteiger partial charge < -0.3 is 9.88 Å². The van der Waals surface area contributed by atoms with Crippen molar-refractivity contribution in [2.24, 2.45) is 0 Å². The highest BCUT2D eigenvalue weighted by atomic mass is 79.9. The van der Waals surface area contributed by atoms with E-state index >= 15 is 0 Å². The van der Waals surface area contributed by atoms with E-state index in [1.54, 1.807) is 0 Å². The summed E-state index contributed by atoms with van der Waals surface area (Å²) < 4.78 is 41.3. The lowest BCUT2D eigenvalue weighted by molar-refractivity contribution is -0.145. The summed E-state index contributed by atoms with van der Waals surface area (Å²) in [5.74, 6) is -0.661. The molecule has 1 aromatic carbocycles. The van der Waals surface area contributed by atoms with Gasteiger partial charge in [0.15, 0.2) is 0 Å². The number of amides is 1. The van der Waals surface area contributed by atoms with Crippen LogP contribution in [0.1, 0.15) is 59.6 Å². The molecule has 1 aliphatic heterocycles. The summed E-state index contributed by atoms with van der Waals surface area (Å²) in [6, 6.07) is 5.68. The van der Waals surface area contributed by atoms with Crippen molar-refractivity contribution in [3.8, 4) is 0 Å². The van der Waals surface area contributed by atoms with Crippen molar-refractivity contribution < 1.29 is 18.0 Å². The molecule has 0 bridgehead atoms. The number of alkyl halides is 3. The van der Waals surface area contributed by atoms with Crippen molar-refractivity contribution in [3.63, 3.8) is 0 Å². The SMILES string of the molecule is CCc1cccc(CC)c1NC(=O)c1c2n(c(C(F)(F)F)c(Br)c1=O)CCCC2. The van der Waals surface area contributed by atoms with E-state index in [0.29, 0.717) is 31.4 Å². The number of benzene rings is 1. The Kier molecular flexibility index (Phi) is 6.22. The van der Waals surface area contributed by atoms with Gasteiger partial charge in [-0.15, -0.1) is 0 Å². The number of hydrogen-bond acceptors (Lipinski definition) is 2. The lowest BCUT2D eigenvalue weighted by Crippen LogP contribution is -2.34. The average molecular weight is 471 g/mol. The van der Waals surface area contributed by atoms with Gasteiger partial charge in [0.2, 0.25) is 5.43 Å². The number of nitrogens with zero attached hydrogens (tertiary/aromatic N) is 1. The number of aromatic nitrogens is 1. The second-order valence-electron chi connectivity index (χ2n) is 7.03. The van der Waals surface area contributed by atoms with E-state index in [1.165, 1.54) is 0 Å². The maximum atomic E-state index is 13.6. The lowest BCUT2D eigenvalue weighted by atomic mass is 9.99. The molecule has 0 spiro atoms. The molecule has 2 heterocycles. The third-order valence-corrected chi connectivity index (χ3v) is 6.03. The molecule has 0 radical (unpaired) electrons. The number of aryl methyl sites for hydroxylation is 2. The van der Waals surface area contributed by atoms with Crippen molar-refractivity contribution in [1.82, 2.24) is 4.57 Å². The number of halogens is 4. The Balaban J connectivity index is 2.17. The first-order valence-electron chi connectivity index (χ1n) is 9.65. The van der Waals surface area contributed by atoms with Gasteiger partial charge in [0, 0.05) is 17.9 Å². The van der Waals surface area contributed by atoms with Crippen molar-refractivity contribution in [3.05, 3.63) is 61.0 Å². The van der Waals surface area contributed by atoms with Crippen LogP contribution in [0.2, 0.25) is 0 Å². The number of nitrogens with one attached hydrogen (secondary N) is 1. The van der Waals surface area contributed by atoms with Crippen molar-refractivity contribution in [2.45, 2.75) is 58.7 Å². The van der Waals surface area contributed by atoms with Gasteiger partial charge >= 0.3 is 6.18 Å². The fourth-order valence-electron chi connectivity index (χ4n) is 3.90. The highest BCUT2D eigenvalue weighted by Crippen LogP contribution is 2.36. The molecule has 29 heavy (non-hydrogen) atoms. The molecule has 3 rings (SSSR count). The van der Waals surface area contributed by atoms with E-state index in [9.17, 15) is 22.8 Å². The Morgan fingerprint density at radius 1 is 1.17 bits per heavy atom. The highest BCUT2D eigenvalue weighted by molar-refractivity contribution is 9.10. The summed E-state index contributed by atoms with van der Waals surface area (Å²) in [5.41, 5.74) is 0.466. The van der Waals surface area contributed by atoms with Gasteiger partial charge in [-0.1, -0.05) is 32.0 Å². The fraction of sp³-hybridized carbons (Fsp3) is 0.429. The standard InChI is InChI=1S/C21H22BrF3N2O2/c1-3-12-8-7-9-13(4-2)17(12)26-20(29)15-14-10-5-6-11-27(14)19(21(23,24)25)16(22)18(15)28/h7-9H,3-6,10-11H2,1-2H3,(H,26,29). The zero-order valence-electron chi connectivity index (χ0n) is 16.3. The zero-order chi connectivity index (χ0) is 21.3. The summed E-state index contributed by atoms with van der Waals surface area (Å²) in [6.45, 7) is 4.03. The van der Waals surface area contributed by atoms with Crippen molar-refractivity contribution >= 4 is 27.5 Å². The van der Waals surface area contributed by atoms with Crippen molar-refractivity contribution in [2.75, 3.05) is 5.32 Å². The molecule has 1 aromatic heterocycles. The van der Waals surface area contributed by atoms with Crippen LogP contribution >= 0.6 is 15.9 Å². The van der Waals surface area contributed by atoms with Crippen LogP contribution in [0.15, 0.2) is 27.5 Å². The molecule has 156 valence electrons. The molecule has 0 saturated heterocycles. The quantitative estimate of drug-likeness (QED) is 0.655. The topological polar surface area (TPSA) is 51.1 Å². The second-order valence-corrected chi connectivity index (χ2v) is 7.83. The molecule has 0 saturated carbocycles. The monoisotopic (exact) mass is 470 g/mol. The molecule has 0 atom stereocenters. The Morgan fingerprint density at radius 3 is 2.34 bits per heavy atom. The minimum Gasteiger partial charge on any atom is -0.339 e. The van der Waals surface area contributed by atoms with Gasteiger partial charge in [0.25, 0.3) is 5.91 Å². The predicted molar refractivity (Wildman–Crippen MR) is 109 cm³/mol.